The minimum Gasteiger partial charge on any atom is -0.387 e. The second-order valence-corrected chi connectivity index (χ2v) is 6.59. The number of anilines is 2. The van der Waals surface area contributed by atoms with E-state index in [9.17, 15) is 4.79 Å². The monoisotopic (exact) mass is 365 g/mol. The van der Waals surface area contributed by atoms with Crippen LogP contribution in [0.25, 0.3) is 5.57 Å². The van der Waals surface area contributed by atoms with Crippen LogP contribution in [0.4, 0.5) is 11.4 Å². The van der Waals surface area contributed by atoms with Crippen LogP contribution in [0.5, 0.6) is 0 Å². The molecule has 0 amide bonds. The van der Waals surface area contributed by atoms with Gasteiger partial charge in [0.25, 0.3) is 0 Å². The summed E-state index contributed by atoms with van der Waals surface area (Å²) in [5, 5.41) is 4.67. The van der Waals surface area contributed by atoms with Crippen molar-refractivity contribution in [2.45, 2.75) is 6.54 Å². The van der Waals surface area contributed by atoms with Gasteiger partial charge in [-0.25, -0.2) is 5.84 Å². The number of dihydropyridines is 1. The molecule has 7 N–H and O–H groups in total. The Balaban J connectivity index is 1.94. The standard InChI is InChI=1S/C19H23N7O/c20-12-24-10-15-17(16(27)11-24)19(25(21)14-4-2-1-3-5-14)18(26(15)22)13-6-8-23-9-7-13/h1-8,23H,9-12,20-22H2. The molecule has 140 valence electrons. The molecular weight excluding hydrogens is 342 g/mol. The van der Waals surface area contributed by atoms with Gasteiger partial charge in [0.15, 0.2) is 5.78 Å². The number of nitrogens with zero attached hydrogens (tertiary/aromatic N) is 3. The van der Waals surface area contributed by atoms with Crippen molar-refractivity contribution in [2.24, 2.45) is 11.6 Å². The summed E-state index contributed by atoms with van der Waals surface area (Å²) in [6, 6.07) is 9.53. The predicted octanol–water partition coefficient (Wildman–Crippen LogP) is 0.629. The maximum absolute atomic E-state index is 13.0. The van der Waals surface area contributed by atoms with Gasteiger partial charge in [0, 0.05) is 25.3 Å². The summed E-state index contributed by atoms with van der Waals surface area (Å²) >= 11 is 0. The second-order valence-electron chi connectivity index (χ2n) is 6.59. The lowest BCUT2D eigenvalue weighted by atomic mass is 10.0. The van der Waals surface area contributed by atoms with Crippen LogP contribution in [0.15, 0.2) is 48.7 Å². The Labute approximate surface area is 157 Å². The number of nitrogens with one attached hydrogen (secondary N) is 1. The Kier molecular flexibility index (Phi) is 4.44. The van der Waals surface area contributed by atoms with Crippen LogP contribution >= 0.6 is 0 Å². The largest absolute Gasteiger partial charge is 0.387 e. The fourth-order valence-electron chi connectivity index (χ4n) is 3.61. The molecule has 3 heterocycles. The van der Waals surface area contributed by atoms with E-state index in [4.69, 9.17) is 17.4 Å². The van der Waals surface area contributed by atoms with Crippen LogP contribution in [-0.4, -0.2) is 35.1 Å². The number of aromatic nitrogens is 1. The molecule has 0 spiro atoms. The number of nitrogen functional groups attached to an aromatic ring is 1. The highest BCUT2D eigenvalue weighted by atomic mass is 16.1. The molecule has 4 rings (SSSR count). The van der Waals surface area contributed by atoms with Crippen molar-refractivity contribution in [1.82, 2.24) is 14.9 Å². The molecule has 0 atom stereocenters. The third-order valence-electron chi connectivity index (χ3n) is 4.93. The van der Waals surface area contributed by atoms with Gasteiger partial charge in [-0.1, -0.05) is 24.3 Å². The first-order valence-electron chi connectivity index (χ1n) is 8.80. The van der Waals surface area contributed by atoms with Gasteiger partial charge in [0.1, 0.15) is 0 Å². The summed E-state index contributed by atoms with van der Waals surface area (Å²) in [5.41, 5.74) is 10.1. The minimum atomic E-state index is -0.0351. The summed E-state index contributed by atoms with van der Waals surface area (Å²) < 4.78 is 1.58. The number of hydrogen-bond donors (Lipinski definition) is 4. The number of carbonyl (C=O) groups excluding carboxylic acids is 1. The molecule has 2 aliphatic rings. The van der Waals surface area contributed by atoms with E-state index >= 15 is 0 Å². The molecule has 8 nitrogen and oxygen atoms in total. The number of benzene rings is 1. The molecule has 0 aliphatic carbocycles. The molecule has 0 bridgehead atoms. The number of rotatable bonds is 4. The maximum Gasteiger partial charge on any atom is 0.181 e. The van der Waals surface area contributed by atoms with E-state index < -0.39 is 0 Å². The van der Waals surface area contributed by atoms with Gasteiger partial charge >= 0.3 is 0 Å². The van der Waals surface area contributed by atoms with Crippen molar-refractivity contribution in [3.05, 3.63) is 65.6 Å². The van der Waals surface area contributed by atoms with Crippen molar-refractivity contribution < 1.29 is 4.79 Å². The van der Waals surface area contributed by atoms with Crippen molar-refractivity contribution in [2.75, 3.05) is 30.6 Å². The lowest BCUT2D eigenvalue weighted by molar-refractivity contribution is 0.0901. The number of ketones is 1. The highest BCUT2D eigenvalue weighted by Crippen LogP contribution is 2.39. The first-order valence-corrected chi connectivity index (χ1v) is 8.80. The molecular formula is C19H23N7O. The van der Waals surface area contributed by atoms with E-state index in [1.807, 2.05) is 53.6 Å². The zero-order valence-corrected chi connectivity index (χ0v) is 14.9. The molecule has 0 saturated heterocycles. The lowest BCUT2D eigenvalue weighted by Crippen LogP contribution is -2.40. The summed E-state index contributed by atoms with van der Waals surface area (Å²) in [5.74, 6) is 12.9. The topological polar surface area (TPSA) is 119 Å². The second kappa shape index (κ2) is 6.92. The number of carbonyl (C=O) groups is 1. The molecule has 27 heavy (non-hydrogen) atoms. The number of hydrogen-bond acceptors (Lipinski definition) is 7. The molecule has 2 aromatic rings. The third kappa shape index (κ3) is 2.89. The van der Waals surface area contributed by atoms with Gasteiger partial charge in [-0.2, -0.15) is 0 Å². The SMILES string of the molecule is NCN1CC(=O)c2c(N(N)c3ccccc3)c(C3=CCNC=C3)n(N)c2C1. The van der Waals surface area contributed by atoms with Crippen molar-refractivity contribution in [3.63, 3.8) is 0 Å². The molecule has 0 saturated carbocycles. The first kappa shape index (κ1) is 17.3. The van der Waals surface area contributed by atoms with E-state index in [1.165, 1.54) is 0 Å². The van der Waals surface area contributed by atoms with Crippen LogP contribution in [0.1, 0.15) is 21.7 Å². The van der Waals surface area contributed by atoms with E-state index in [1.54, 1.807) is 9.69 Å². The minimum absolute atomic E-state index is 0.0351. The Morgan fingerprint density at radius 3 is 2.63 bits per heavy atom. The van der Waals surface area contributed by atoms with Crippen LogP contribution < -0.4 is 27.7 Å². The van der Waals surface area contributed by atoms with Crippen LogP contribution in [0.3, 0.4) is 0 Å². The maximum atomic E-state index is 13.0. The number of hydrazine groups is 1. The smallest absolute Gasteiger partial charge is 0.181 e. The number of Topliss-reactive ketones (excluding diaryl/α,β-unsaturated/α-hetero) is 1. The summed E-state index contributed by atoms with van der Waals surface area (Å²) in [4.78, 5) is 14.8. The Hall–Kier alpha value is -3.07. The predicted molar refractivity (Wildman–Crippen MR) is 106 cm³/mol. The Morgan fingerprint density at radius 1 is 1.19 bits per heavy atom. The normalized spacial score (nSPS) is 16.7. The van der Waals surface area contributed by atoms with Crippen LogP contribution in [-0.2, 0) is 6.54 Å². The van der Waals surface area contributed by atoms with E-state index in [2.05, 4.69) is 5.32 Å². The summed E-state index contributed by atoms with van der Waals surface area (Å²) in [6.07, 6.45) is 5.82. The van der Waals surface area contributed by atoms with Crippen LogP contribution in [0, 0.1) is 0 Å². The van der Waals surface area contributed by atoms with Gasteiger partial charge < -0.3 is 16.9 Å². The third-order valence-corrected chi connectivity index (χ3v) is 4.93. The molecule has 0 unspecified atom stereocenters. The number of allylic oxidation sites excluding steroid dienone is 2. The fraction of sp³-hybridized carbons (Fsp3) is 0.211. The van der Waals surface area contributed by atoms with Crippen LogP contribution in [0.2, 0.25) is 0 Å². The van der Waals surface area contributed by atoms with Crippen molar-refractivity contribution in [1.29, 1.82) is 0 Å². The Bertz CT molecular complexity index is 929. The number of fused-ring (bicyclic) bond motifs is 1. The van der Waals surface area contributed by atoms with Gasteiger partial charge in [-0.15, -0.1) is 0 Å². The van der Waals surface area contributed by atoms with Crippen molar-refractivity contribution in [3.8, 4) is 0 Å². The van der Waals surface area contributed by atoms with E-state index in [0.717, 1.165) is 22.6 Å². The van der Waals surface area contributed by atoms with E-state index in [0.29, 0.717) is 31.0 Å². The summed E-state index contributed by atoms with van der Waals surface area (Å²) in [7, 11) is 0. The average Bonchev–Trinajstić information content (AvgIpc) is 3.01. The molecule has 0 radical (unpaired) electrons. The highest BCUT2D eigenvalue weighted by molar-refractivity contribution is 6.08. The fourth-order valence-corrected chi connectivity index (χ4v) is 3.61. The summed E-state index contributed by atoms with van der Waals surface area (Å²) in [6.45, 7) is 1.72. The molecule has 8 heteroatoms. The van der Waals surface area contributed by atoms with Gasteiger partial charge in [-0.3, -0.25) is 19.4 Å². The molecule has 0 fully saturated rings. The first-order chi connectivity index (χ1) is 13.1. The quantitative estimate of drug-likeness (QED) is 0.463. The number of nitrogens with two attached hydrogens (primary N) is 3. The zero-order chi connectivity index (χ0) is 19.0. The van der Waals surface area contributed by atoms with Gasteiger partial charge in [-0.05, 0) is 24.4 Å². The number of para-hydroxylation sites is 1. The van der Waals surface area contributed by atoms with Gasteiger partial charge in [0.05, 0.1) is 34.9 Å². The zero-order valence-electron chi connectivity index (χ0n) is 14.9. The molecule has 2 aliphatic heterocycles. The Morgan fingerprint density at radius 2 is 1.96 bits per heavy atom. The lowest BCUT2D eigenvalue weighted by Gasteiger charge is -2.26. The highest BCUT2D eigenvalue weighted by Gasteiger charge is 2.35. The average molecular weight is 365 g/mol. The van der Waals surface area contributed by atoms with Crippen molar-refractivity contribution >= 4 is 22.7 Å². The van der Waals surface area contributed by atoms with E-state index in [-0.39, 0.29) is 12.3 Å². The molecule has 1 aromatic heterocycles. The van der Waals surface area contributed by atoms with Gasteiger partial charge in [0.2, 0.25) is 0 Å². The molecule has 1 aromatic carbocycles.